The third-order valence-electron chi connectivity index (χ3n) is 3.18. The largest absolute Gasteiger partial charge is 0.289 e. The van der Waals surface area contributed by atoms with Gasteiger partial charge in [-0.25, -0.2) is 0 Å². The molecule has 1 aromatic carbocycles. The van der Waals surface area contributed by atoms with Crippen LogP contribution in [0.25, 0.3) is 0 Å². The summed E-state index contributed by atoms with van der Waals surface area (Å²) in [5.74, 6) is 0.193. The minimum Gasteiger partial charge on any atom is -0.289 e. The Morgan fingerprint density at radius 1 is 1.06 bits per heavy atom. The molecule has 0 saturated carbocycles. The van der Waals surface area contributed by atoms with Crippen LogP contribution >= 0.6 is 0 Å². The van der Waals surface area contributed by atoms with Crippen LogP contribution in [-0.2, 0) is 0 Å². The lowest BCUT2D eigenvalue weighted by atomic mass is 9.94. The zero-order valence-electron chi connectivity index (χ0n) is 10.3. The molecule has 17 heavy (non-hydrogen) atoms. The quantitative estimate of drug-likeness (QED) is 0.542. The molecule has 2 rings (SSSR count). The van der Waals surface area contributed by atoms with Crippen molar-refractivity contribution in [2.24, 2.45) is 0 Å². The van der Waals surface area contributed by atoms with E-state index in [4.69, 9.17) is 0 Å². The second-order valence-corrected chi connectivity index (χ2v) is 4.56. The molecule has 0 unspecified atom stereocenters. The molecule has 0 spiro atoms. The van der Waals surface area contributed by atoms with E-state index in [9.17, 15) is 4.79 Å². The Labute approximate surface area is 103 Å². The summed E-state index contributed by atoms with van der Waals surface area (Å²) < 4.78 is 0. The highest BCUT2D eigenvalue weighted by atomic mass is 16.1. The van der Waals surface area contributed by atoms with Gasteiger partial charge in [0, 0.05) is 5.56 Å². The molecule has 88 valence electrons. The maximum absolute atomic E-state index is 12.3. The lowest BCUT2D eigenvalue weighted by molar-refractivity contribution is 0.103. The number of benzene rings is 1. The van der Waals surface area contributed by atoms with Crippen molar-refractivity contribution in [2.75, 3.05) is 0 Å². The van der Waals surface area contributed by atoms with E-state index >= 15 is 0 Å². The highest BCUT2D eigenvalue weighted by Crippen LogP contribution is 2.20. The molecule has 0 radical (unpaired) electrons. The first-order valence-corrected chi connectivity index (χ1v) is 6.22. The molecule has 0 saturated heterocycles. The van der Waals surface area contributed by atoms with E-state index in [0.717, 1.165) is 36.8 Å². The lowest BCUT2D eigenvalue weighted by Crippen LogP contribution is -2.04. The molecule has 1 aliphatic carbocycles. The fourth-order valence-corrected chi connectivity index (χ4v) is 2.15. The van der Waals surface area contributed by atoms with Crippen LogP contribution in [0.15, 0.2) is 53.6 Å². The number of carbonyl (C=O) groups is 1. The van der Waals surface area contributed by atoms with E-state index in [-0.39, 0.29) is 5.78 Å². The number of hydrogen-bond donors (Lipinski definition) is 0. The van der Waals surface area contributed by atoms with Gasteiger partial charge in [0.15, 0.2) is 5.78 Å². The molecular weight excluding hydrogens is 208 g/mol. The highest BCUT2D eigenvalue weighted by molar-refractivity contribution is 6.08. The van der Waals surface area contributed by atoms with Gasteiger partial charge in [0.25, 0.3) is 0 Å². The minimum atomic E-state index is 0.193. The fraction of sp³-hybridized carbons (Fsp3) is 0.312. The van der Waals surface area contributed by atoms with Crippen molar-refractivity contribution >= 4 is 5.78 Å². The van der Waals surface area contributed by atoms with Gasteiger partial charge in [0.1, 0.15) is 0 Å². The first-order chi connectivity index (χ1) is 8.27. The van der Waals surface area contributed by atoms with Crippen molar-refractivity contribution in [3.63, 3.8) is 0 Å². The average Bonchev–Trinajstić information content (AvgIpc) is 2.34. The second kappa shape index (κ2) is 5.62. The summed E-state index contributed by atoms with van der Waals surface area (Å²) in [6.07, 6.45) is 8.28. The van der Waals surface area contributed by atoms with Crippen LogP contribution in [0, 0.1) is 0 Å². The van der Waals surface area contributed by atoms with Gasteiger partial charge in [0.2, 0.25) is 0 Å². The zero-order chi connectivity index (χ0) is 12.1. The van der Waals surface area contributed by atoms with Crippen molar-refractivity contribution in [3.8, 4) is 0 Å². The van der Waals surface area contributed by atoms with Crippen LogP contribution in [0.2, 0.25) is 0 Å². The molecule has 0 atom stereocenters. The van der Waals surface area contributed by atoms with E-state index in [1.54, 1.807) is 0 Å². The predicted molar refractivity (Wildman–Crippen MR) is 71.1 cm³/mol. The number of hydrogen-bond acceptors (Lipinski definition) is 1. The molecule has 0 bridgehead atoms. The van der Waals surface area contributed by atoms with Crippen LogP contribution in [0.4, 0.5) is 0 Å². The van der Waals surface area contributed by atoms with Crippen LogP contribution in [0.1, 0.15) is 43.0 Å². The summed E-state index contributed by atoms with van der Waals surface area (Å²) in [5, 5.41) is 0. The number of allylic oxidation sites excluding steroid dienone is 4. The molecule has 0 N–H and O–H groups in total. The first kappa shape index (κ1) is 11.8. The molecular formula is C16H18O. The lowest BCUT2D eigenvalue weighted by Gasteiger charge is -2.10. The van der Waals surface area contributed by atoms with E-state index in [2.05, 4.69) is 19.1 Å². The van der Waals surface area contributed by atoms with Crippen LogP contribution < -0.4 is 0 Å². The van der Waals surface area contributed by atoms with Gasteiger partial charge >= 0.3 is 0 Å². The van der Waals surface area contributed by atoms with Gasteiger partial charge in [-0.1, -0.05) is 48.1 Å². The Hall–Kier alpha value is -1.63. The van der Waals surface area contributed by atoms with Crippen LogP contribution in [0.3, 0.4) is 0 Å². The van der Waals surface area contributed by atoms with Crippen molar-refractivity contribution in [3.05, 3.63) is 59.2 Å². The summed E-state index contributed by atoms with van der Waals surface area (Å²) in [7, 11) is 0. The SMILES string of the molecule is C/C1=C/C/C=C(/C(=O)c2ccccc2)CCC1. The van der Waals surface area contributed by atoms with Gasteiger partial charge in [-0.2, -0.15) is 0 Å². The van der Waals surface area contributed by atoms with E-state index in [1.807, 2.05) is 30.3 Å². The Balaban J connectivity index is 2.17. The monoisotopic (exact) mass is 226 g/mol. The molecule has 1 nitrogen and oxygen atoms in total. The van der Waals surface area contributed by atoms with E-state index < -0.39 is 0 Å². The maximum atomic E-state index is 12.3. The molecule has 1 heteroatoms. The summed E-state index contributed by atoms with van der Waals surface area (Å²) in [5.41, 5.74) is 3.22. The third-order valence-corrected chi connectivity index (χ3v) is 3.18. The topological polar surface area (TPSA) is 17.1 Å². The van der Waals surface area contributed by atoms with Gasteiger partial charge in [-0.15, -0.1) is 0 Å². The van der Waals surface area contributed by atoms with Crippen molar-refractivity contribution in [2.45, 2.75) is 32.6 Å². The number of ketones is 1. The average molecular weight is 226 g/mol. The standard InChI is InChI=1S/C16H18O/c1-13-7-5-11-15(12-6-8-13)16(17)14-9-3-2-4-10-14/h2-4,7,9-11H,5-6,8,12H2,1H3/b13-7-,15-11+. The van der Waals surface area contributed by atoms with Gasteiger partial charge in [0.05, 0.1) is 0 Å². The molecule has 0 fully saturated rings. The number of carbonyl (C=O) groups excluding carboxylic acids is 1. The summed E-state index contributed by atoms with van der Waals surface area (Å²) in [4.78, 5) is 12.3. The third kappa shape index (κ3) is 3.16. The van der Waals surface area contributed by atoms with Gasteiger partial charge in [-0.3, -0.25) is 4.79 Å². The van der Waals surface area contributed by atoms with Crippen LogP contribution in [-0.4, -0.2) is 5.78 Å². The van der Waals surface area contributed by atoms with E-state index in [0.29, 0.717) is 0 Å². The predicted octanol–water partition coefficient (Wildman–Crippen LogP) is 4.32. The number of Topliss-reactive ketones (excluding diaryl/α,β-unsaturated/α-hetero) is 1. The maximum Gasteiger partial charge on any atom is 0.188 e. The Morgan fingerprint density at radius 2 is 1.82 bits per heavy atom. The zero-order valence-corrected chi connectivity index (χ0v) is 10.3. The molecule has 1 aliphatic rings. The van der Waals surface area contributed by atoms with Crippen molar-refractivity contribution < 1.29 is 4.79 Å². The molecule has 0 aliphatic heterocycles. The van der Waals surface area contributed by atoms with Gasteiger partial charge in [-0.05, 0) is 38.2 Å². The fourth-order valence-electron chi connectivity index (χ4n) is 2.15. The van der Waals surface area contributed by atoms with Crippen molar-refractivity contribution in [1.82, 2.24) is 0 Å². The Bertz CT molecular complexity index is 452. The summed E-state index contributed by atoms with van der Waals surface area (Å²) in [6.45, 7) is 2.16. The molecule has 0 heterocycles. The van der Waals surface area contributed by atoms with Gasteiger partial charge < -0.3 is 0 Å². The highest BCUT2D eigenvalue weighted by Gasteiger charge is 2.12. The smallest absolute Gasteiger partial charge is 0.188 e. The molecule has 0 amide bonds. The minimum absolute atomic E-state index is 0.193. The normalized spacial score (nSPS) is 22.6. The second-order valence-electron chi connectivity index (χ2n) is 4.56. The summed E-state index contributed by atoms with van der Waals surface area (Å²) >= 11 is 0. The van der Waals surface area contributed by atoms with Crippen molar-refractivity contribution in [1.29, 1.82) is 0 Å². The van der Waals surface area contributed by atoms with Crippen LogP contribution in [0.5, 0.6) is 0 Å². The first-order valence-electron chi connectivity index (χ1n) is 6.22. The Kier molecular flexibility index (Phi) is 3.92. The number of rotatable bonds is 2. The summed E-state index contributed by atoms with van der Waals surface area (Å²) in [6, 6.07) is 9.56. The van der Waals surface area contributed by atoms with E-state index in [1.165, 1.54) is 5.57 Å². The molecule has 0 aromatic heterocycles. The Morgan fingerprint density at radius 3 is 2.59 bits per heavy atom. The molecule has 1 aromatic rings.